The molecule has 3 aromatic rings. The summed E-state index contributed by atoms with van der Waals surface area (Å²) in [5, 5.41) is 3.19. The Balaban J connectivity index is 1.81. The molecule has 0 aromatic heterocycles. The lowest BCUT2D eigenvalue weighted by Gasteiger charge is -2.18. The SMILES string of the molecule is COc1ccc(C2=C(Nc3cc(C)ccc3OC)C(=O)N(c3ccc(N(C)C)cc3)C2=O)cc1. The van der Waals surface area contributed by atoms with Crippen LogP contribution in [-0.2, 0) is 9.59 Å². The van der Waals surface area contributed by atoms with E-state index in [2.05, 4.69) is 5.32 Å². The zero-order valence-electron chi connectivity index (χ0n) is 19.9. The number of imide groups is 1. The van der Waals surface area contributed by atoms with Crippen LogP contribution in [0.4, 0.5) is 17.1 Å². The van der Waals surface area contributed by atoms with Gasteiger partial charge in [0.25, 0.3) is 11.8 Å². The molecule has 34 heavy (non-hydrogen) atoms. The summed E-state index contributed by atoms with van der Waals surface area (Å²) in [6.45, 7) is 1.95. The van der Waals surface area contributed by atoms with Crippen molar-refractivity contribution in [2.75, 3.05) is 43.4 Å². The van der Waals surface area contributed by atoms with E-state index in [1.54, 1.807) is 50.6 Å². The number of anilines is 3. The predicted molar refractivity (Wildman–Crippen MR) is 135 cm³/mol. The fourth-order valence-corrected chi connectivity index (χ4v) is 3.86. The Labute approximate surface area is 199 Å². The molecule has 1 heterocycles. The van der Waals surface area contributed by atoms with Gasteiger partial charge in [-0.05, 0) is 66.6 Å². The third kappa shape index (κ3) is 4.20. The van der Waals surface area contributed by atoms with Gasteiger partial charge in [0.15, 0.2) is 0 Å². The van der Waals surface area contributed by atoms with Crippen LogP contribution in [-0.4, -0.2) is 40.1 Å². The molecular weight excluding hydrogens is 430 g/mol. The van der Waals surface area contributed by atoms with Crippen LogP contribution in [0.5, 0.6) is 11.5 Å². The second-order valence-corrected chi connectivity index (χ2v) is 8.16. The van der Waals surface area contributed by atoms with Crippen molar-refractivity contribution in [1.29, 1.82) is 0 Å². The third-order valence-corrected chi connectivity index (χ3v) is 5.70. The molecule has 1 N–H and O–H groups in total. The number of benzene rings is 3. The molecule has 174 valence electrons. The lowest BCUT2D eigenvalue weighted by atomic mass is 10.0. The molecule has 0 atom stereocenters. The Morgan fingerprint density at radius 3 is 2.09 bits per heavy atom. The Morgan fingerprint density at radius 2 is 1.50 bits per heavy atom. The molecular formula is C27H27N3O4. The van der Waals surface area contributed by atoms with Gasteiger partial charge in [-0.15, -0.1) is 0 Å². The van der Waals surface area contributed by atoms with E-state index in [1.807, 2.05) is 56.3 Å². The number of carbonyl (C=O) groups excluding carboxylic acids is 2. The molecule has 3 aromatic carbocycles. The number of carbonyl (C=O) groups is 2. The highest BCUT2D eigenvalue weighted by Crippen LogP contribution is 2.36. The number of amides is 2. The molecule has 1 aliphatic rings. The van der Waals surface area contributed by atoms with E-state index in [9.17, 15) is 9.59 Å². The zero-order valence-corrected chi connectivity index (χ0v) is 19.9. The standard InChI is InChI=1S/C27H27N3O4/c1-17-6-15-23(34-5)22(16-17)28-25-24(18-7-13-21(33-4)14-8-18)26(31)30(27(25)32)20-11-9-19(10-12-20)29(2)3/h6-16,28H,1-5H3. The van der Waals surface area contributed by atoms with Gasteiger partial charge in [-0.25, -0.2) is 4.90 Å². The Hall–Kier alpha value is -4.26. The summed E-state index contributed by atoms with van der Waals surface area (Å²) in [6, 6.07) is 20.0. The predicted octanol–water partition coefficient (Wildman–Crippen LogP) is 4.47. The van der Waals surface area contributed by atoms with E-state index >= 15 is 0 Å². The minimum atomic E-state index is -0.433. The van der Waals surface area contributed by atoms with Crippen LogP contribution in [0, 0.1) is 6.92 Å². The quantitative estimate of drug-likeness (QED) is 0.528. The number of rotatable bonds is 7. The Kier molecular flexibility index (Phi) is 6.27. The van der Waals surface area contributed by atoms with E-state index in [4.69, 9.17) is 9.47 Å². The normalized spacial score (nSPS) is 13.4. The molecule has 0 aliphatic carbocycles. The lowest BCUT2D eigenvalue weighted by Crippen LogP contribution is -2.32. The lowest BCUT2D eigenvalue weighted by molar-refractivity contribution is -0.120. The first kappa shape index (κ1) is 22.9. The Bertz CT molecular complexity index is 1260. The Morgan fingerprint density at radius 1 is 0.824 bits per heavy atom. The summed E-state index contributed by atoms with van der Waals surface area (Å²) >= 11 is 0. The molecule has 0 fully saturated rings. The van der Waals surface area contributed by atoms with Crippen LogP contribution in [0.3, 0.4) is 0 Å². The minimum Gasteiger partial charge on any atom is -0.497 e. The molecule has 1 aliphatic heterocycles. The third-order valence-electron chi connectivity index (χ3n) is 5.70. The summed E-state index contributed by atoms with van der Waals surface area (Å²) in [5.74, 6) is 0.396. The highest BCUT2D eigenvalue weighted by Gasteiger charge is 2.40. The van der Waals surface area contributed by atoms with E-state index in [1.165, 1.54) is 4.90 Å². The van der Waals surface area contributed by atoms with E-state index in [0.717, 1.165) is 11.3 Å². The van der Waals surface area contributed by atoms with Crippen molar-refractivity contribution in [3.05, 3.63) is 83.6 Å². The number of nitrogens with zero attached hydrogens (tertiary/aromatic N) is 2. The molecule has 0 spiro atoms. The smallest absolute Gasteiger partial charge is 0.282 e. The van der Waals surface area contributed by atoms with Gasteiger partial charge in [-0.2, -0.15) is 0 Å². The van der Waals surface area contributed by atoms with E-state index in [-0.39, 0.29) is 11.3 Å². The molecule has 4 rings (SSSR count). The highest BCUT2D eigenvalue weighted by atomic mass is 16.5. The van der Waals surface area contributed by atoms with Gasteiger partial charge in [0.05, 0.1) is 31.2 Å². The molecule has 0 saturated carbocycles. The van der Waals surface area contributed by atoms with Crippen LogP contribution in [0.15, 0.2) is 72.4 Å². The van der Waals surface area contributed by atoms with Crippen molar-refractivity contribution >= 4 is 34.4 Å². The van der Waals surface area contributed by atoms with Crippen LogP contribution in [0.2, 0.25) is 0 Å². The van der Waals surface area contributed by atoms with Gasteiger partial charge in [-0.1, -0.05) is 18.2 Å². The van der Waals surface area contributed by atoms with Crippen molar-refractivity contribution in [2.24, 2.45) is 0 Å². The zero-order chi connectivity index (χ0) is 24.4. The van der Waals surface area contributed by atoms with Crippen molar-refractivity contribution in [1.82, 2.24) is 0 Å². The summed E-state index contributed by atoms with van der Waals surface area (Å²) in [7, 11) is 7.01. The second-order valence-electron chi connectivity index (χ2n) is 8.16. The van der Waals surface area contributed by atoms with Gasteiger partial charge in [0, 0.05) is 19.8 Å². The monoisotopic (exact) mass is 457 g/mol. The van der Waals surface area contributed by atoms with Crippen molar-refractivity contribution < 1.29 is 19.1 Å². The summed E-state index contributed by atoms with van der Waals surface area (Å²) in [4.78, 5) is 30.4. The van der Waals surface area contributed by atoms with Crippen LogP contribution in [0.1, 0.15) is 11.1 Å². The topological polar surface area (TPSA) is 71.1 Å². The number of nitrogens with one attached hydrogen (secondary N) is 1. The molecule has 7 heteroatoms. The van der Waals surface area contributed by atoms with Gasteiger partial charge >= 0.3 is 0 Å². The molecule has 0 saturated heterocycles. The van der Waals surface area contributed by atoms with Gasteiger partial charge in [-0.3, -0.25) is 9.59 Å². The second kappa shape index (κ2) is 9.31. The number of hydrogen-bond acceptors (Lipinski definition) is 6. The molecule has 7 nitrogen and oxygen atoms in total. The van der Waals surface area contributed by atoms with Gasteiger partial charge in [0.1, 0.15) is 17.2 Å². The van der Waals surface area contributed by atoms with E-state index < -0.39 is 11.8 Å². The first-order valence-corrected chi connectivity index (χ1v) is 10.8. The largest absolute Gasteiger partial charge is 0.497 e. The van der Waals surface area contributed by atoms with Crippen LogP contribution in [0.25, 0.3) is 5.57 Å². The number of methoxy groups -OCH3 is 2. The molecule has 2 amide bonds. The molecule has 0 unspecified atom stereocenters. The van der Waals surface area contributed by atoms with Crippen LogP contribution >= 0.6 is 0 Å². The van der Waals surface area contributed by atoms with Gasteiger partial charge in [0.2, 0.25) is 0 Å². The fraction of sp³-hybridized carbons (Fsp3) is 0.185. The summed E-state index contributed by atoms with van der Waals surface area (Å²) in [5.41, 5.74) is 4.15. The summed E-state index contributed by atoms with van der Waals surface area (Å²) < 4.78 is 10.7. The molecule has 0 bridgehead atoms. The van der Waals surface area contributed by atoms with Crippen molar-refractivity contribution in [3.63, 3.8) is 0 Å². The molecule has 0 radical (unpaired) electrons. The number of ether oxygens (including phenoxy) is 2. The average molecular weight is 458 g/mol. The van der Waals surface area contributed by atoms with Crippen molar-refractivity contribution in [3.8, 4) is 11.5 Å². The minimum absolute atomic E-state index is 0.191. The number of aryl methyl sites for hydroxylation is 1. The maximum atomic E-state index is 13.6. The van der Waals surface area contributed by atoms with Crippen LogP contribution < -0.4 is 24.6 Å². The number of hydrogen-bond donors (Lipinski definition) is 1. The maximum absolute atomic E-state index is 13.6. The van der Waals surface area contributed by atoms with E-state index in [0.29, 0.717) is 28.4 Å². The fourth-order valence-electron chi connectivity index (χ4n) is 3.86. The van der Waals surface area contributed by atoms with Crippen molar-refractivity contribution in [2.45, 2.75) is 6.92 Å². The first-order valence-electron chi connectivity index (χ1n) is 10.8. The average Bonchev–Trinajstić information content (AvgIpc) is 3.08. The summed E-state index contributed by atoms with van der Waals surface area (Å²) in [6.07, 6.45) is 0. The van der Waals surface area contributed by atoms with Gasteiger partial charge < -0.3 is 19.7 Å². The maximum Gasteiger partial charge on any atom is 0.282 e. The first-order chi connectivity index (χ1) is 16.3. The highest BCUT2D eigenvalue weighted by molar-refractivity contribution is 6.46.